The first kappa shape index (κ1) is 18.2. The zero-order chi connectivity index (χ0) is 18.7. The number of hydrogen-bond donors (Lipinski definition) is 1. The normalized spacial score (nSPS) is 10.2. The number of nitrogens with zero attached hydrogens (tertiary/aromatic N) is 3. The van der Waals surface area contributed by atoms with E-state index in [-0.39, 0.29) is 28.5 Å². The van der Waals surface area contributed by atoms with Gasteiger partial charge in [0, 0.05) is 17.4 Å². The highest BCUT2D eigenvalue weighted by atomic mass is 35.5. The lowest BCUT2D eigenvalue weighted by atomic mass is 10.1. The van der Waals surface area contributed by atoms with Gasteiger partial charge in [0.1, 0.15) is 23.2 Å². The van der Waals surface area contributed by atoms with E-state index in [0.29, 0.717) is 11.3 Å². The number of nitrogens with one attached hydrogen (secondary N) is 1. The molecule has 0 aliphatic heterocycles. The number of aryl methyl sites for hydroxylation is 2. The second-order valence-electron chi connectivity index (χ2n) is 5.32. The van der Waals surface area contributed by atoms with Gasteiger partial charge in [-0.2, -0.15) is 5.26 Å². The maximum Gasteiger partial charge on any atom is 0.289 e. The number of hydrogen-bond acceptors (Lipinski definition) is 5. The summed E-state index contributed by atoms with van der Waals surface area (Å²) in [7, 11) is 0. The number of benzene rings is 1. The fourth-order valence-electron chi connectivity index (χ4n) is 2.33. The van der Waals surface area contributed by atoms with Gasteiger partial charge in [0.05, 0.1) is 4.92 Å². The Balaban J connectivity index is 2.28. The van der Waals surface area contributed by atoms with Crippen molar-refractivity contribution in [3.63, 3.8) is 0 Å². The summed E-state index contributed by atoms with van der Waals surface area (Å²) >= 11 is 5.72. The van der Waals surface area contributed by atoms with Gasteiger partial charge >= 0.3 is 0 Å². The van der Waals surface area contributed by atoms with Gasteiger partial charge in [-0.05, 0) is 37.6 Å². The van der Waals surface area contributed by atoms with Crippen LogP contribution in [0.4, 0.5) is 11.4 Å². The number of aromatic nitrogens is 1. The Morgan fingerprint density at radius 1 is 1.40 bits per heavy atom. The number of nitro groups is 1. The summed E-state index contributed by atoms with van der Waals surface area (Å²) in [5.74, 6) is -0.561. The minimum absolute atomic E-state index is 0.0273. The fraction of sp³-hybridized carbons (Fsp3) is 0.188. The van der Waals surface area contributed by atoms with Gasteiger partial charge in [-0.25, -0.2) is 0 Å². The van der Waals surface area contributed by atoms with E-state index in [1.165, 1.54) is 16.7 Å². The molecular weight excluding hydrogens is 348 g/mol. The third-order valence-electron chi connectivity index (χ3n) is 3.54. The van der Waals surface area contributed by atoms with Crippen LogP contribution in [0.5, 0.6) is 0 Å². The van der Waals surface area contributed by atoms with Gasteiger partial charge in [0.2, 0.25) is 5.91 Å². The molecule has 1 amide bonds. The van der Waals surface area contributed by atoms with E-state index in [9.17, 15) is 19.7 Å². The molecule has 128 valence electrons. The van der Waals surface area contributed by atoms with Crippen LogP contribution in [0.1, 0.15) is 16.8 Å². The minimum Gasteiger partial charge on any atom is -0.324 e. The van der Waals surface area contributed by atoms with Crippen molar-refractivity contribution in [2.75, 3.05) is 5.32 Å². The van der Waals surface area contributed by atoms with E-state index < -0.39 is 16.4 Å². The van der Waals surface area contributed by atoms with E-state index in [1.807, 2.05) is 6.07 Å². The maximum absolute atomic E-state index is 12.3. The first-order valence-corrected chi connectivity index (χ1v) is 7.47. The van der Waals surface area contributed by atoms with E-state index in [2.05, 4.69) is 5.32 Å². The molecule has 0 saturated carbocycles. The van der Waals surface area contributed by atoms with Crippen LogP contribution in [0.25, 0.3) is 0 Å². The quantitative estimate of drug-likeness (QED) is 0.663. The van der Waals surface area contributed by atoms with Gasteiger partial charge < -0.3 is 9.88 Å². The molecular formula is C16H13ClN4O4. The number of rotatable bonds is 4. The van der Waals surface area contributed by atoms with E-state index in [4.69, 9.17) is 16.9 Å². The largest absolute Gasteiger partial charge is 0.324 e. The number of carbonyl (C=O) groups is 1. The molecule has 0 unspecified atom stereocenters. The van der Waals surface area contributed by atoms with Crippen LogP contribution in [0.2, 0.25) is 5.02 Å². The summed E-state index contributed by atoms with van der Waals surface area (Å²) in [6.07, 6.45) is 0. The third kappa shape index (κ3) is 3.84. The summed E-state index contributed by atoms with van der Waals surface area (Å²) in [4.78, 5) is 34.7. The van der Waals surface area contributed by atoms with Crippen LogP contribution >= 0.6 is 11.6 Å². The van der Waals surface area contributed by atoms with Gasteiger partial charge in [0.15, 0.2) is 0 Å². The smallest absolute Gasteiger partial charge is 0.289 e. The second kappa shape index (κ2) is 7.15. The summed E-state index contributed by atoms with van der Waals surface area (Å²) in [6, 6.07) is 7.31. The van der Waals surface area contributed by atoms with Crippen molar-refractivity contribution in [3.05, 3.63) is 66.6 Å². The van der Waals surface area contributed by atoms with Crippen molar-refractivity contribution in [2.24, 2.45) is 0 Å². The predicted octanol–water partition coefficient (Wildman–Crippen LogP) is 2.54. The number of amides is 1. The monoisotopic (exact) mass is 360 g/mol. The van der Waals surface area contributed by atoms with Crippen LogP contribution in [-0.4, -0.2) is 15.4 Å². The molecule has 1 N–H and O–H groups in total. The van der Waals surface area contributed by atoms with E-state index in [1.54, 1.807) is 19.9 Å². The van der Waals surface area contributed by atoms with Crippen molar-refractivity contribution in [1.29, 1.82) is 5.26 Å². The van der Waals surface area contributed by atoms with Gasteiger partial charge in [-0.3, -0.25) is 19.7 Å². The average molecular weight is 361 g/mol. The lowest BCUT2D eigenvalue weighted by molar-refractivity contribution is -0.384. The molecule has 0 spiro atoms. The van der Waals surface area contributed by atoms with E-state index >= 15 is 0 Å². The van der Waals surface area contributed by atoms with Crippen LogP contribution < -0.4 is 10.9 Å². The molecule has 2 aromatic rings. The Bertz CT molecular complexity index is 975. The Labute approximate surface area is 147 Å². The molecule has 0 atom stereocenters. The van der Waals surface area contributed by atoms with Crippen molar-refractivity contribution in [1.82, 2.24) is 4.57 Å². The summed E-state index contributed by atoms with van der Waals surface area (Å²) in [5, 5.41) is 22.4. The molecule has 0 bridgehead atoms. The zero-order valence-corrected chi connectivity index (χ0v) is 14.1. The van der Waals surface area contributed by atoms with Crippen LogP contribution in [-0.2, 0) is 11.3 Å². The maximum atomic E-state index is 12.3. The molecule has 1 heterocycles. The Hall–Kier alpha value is -3.18. The highest BCUT2D eigenvalue weighted by molar-refractivity contribution is 6.32. The highest BCUT2D eigenvalue weighted by Gasteiger charge is 2.16. The molecule has 1 aromatic carbocycles. The zero-order valence-electron chi connectivity index (χ0n) is 13.4. The molecule has 9 heteroatoms. The highest BCUT2D eigenvalue weighted by Crippen LogP contribution is 2.27. The number of halogens is 1. The van der Waals surface area contributed by atoms with Gasteiger partial charge in [-0.15, -0.1) is 0 Å². The standard InChI is InChI=1S/C16H13ClN4O4/c1-9-5-10(2)20(16(23)12(9)7-18)8-15(22)19-11-3-4-13(17)14(6-11)21(24)25/h3-6H,8H2,1-2H3,(H,19,22). The Morgan fingerprint density at radius 2 is 2.08 bits per heavy atom. The molecule has 0 aliphatic rings. The SMILES string of the molecule is Cc1cc(C)n(CC(=O)Nc2ccc(Cl)c([N+](=O)[O-])c2)c(=O)c1C#N. The van der Waals surface area contributed by atoms with Gasteiger partial charge in [-0.1, -0.05) is 11.6 Å². The van der Waals surface area contributed by atoms with Crippen LogP contribution in [0.3, 0.4) is 0 Å². The number of nitriles is 1. The first-order chi connectivity index (χ1) is 11.7. The van der Waals surface area contributed by atoms with Crippen molar-refractivity contribution in [3.8, 4) is 6.07 Å². The Kier molecular flexibility index (Phi) is 5.20. The summed E-state index contributed by atoms with van der Waals surface area (Å²) in [5.41, 5.74) is 0.320. The minimum atomic E-state index is -0.661. The molecule has 0 saturated heterocycles. The molecule has 0 fully saturated rings. The second-order valence-corrected chi connectivity index (χ2v) is 5.73. The number of anilines is 1. The molecule has 2 rings (SSSR count). The first-order valence-electron chi connectivity index (χ1n) is 7.09. The van der Waals surface area contributed by atoms with Crippen molar-refractivity contribution < 1.29 is 9.72 Å². The topological polar surface area (TPSA) is 118 Å². The lowest BCUT2D eigenvalue weighted by Gasteiger charge is -2.12. The van der Waals surface area contributed by atoms with Crippen LogP contribution in [0.15, 0.2) is 29.1 Å². The predicted molar refractivity (Wildman–Crippen MR) is 91.6 cm³/mol. The third-order valence-corrected chi connectivity index (χ3v) is 3.86. The molecule has 0 radical (unpaired) electrons. The van der Waals surface area contributed by atoms with E-state index in [0.717, 1.165) is 6.07 Å². The summed E-state index contributed by atoms with van der Waals surface area (Å²) < 4.78 is 1.17. The van der Waals surface area contributed by atoms with Crippen LogP contribution in [0, 0.1) is 35.3 Å². The molecule has 25 heavy (non-hydrogen) atoms. The molecule has 8 nitrogen and oxygen atoms in total. The number of pyridine rings is 1. The molecule has 1 aromatic heterocycles. The Morgan fingerprint density at radius 3 is 2.68 bits per heavy atom. The van der Waals surface area contributed by atoms with Crippen molar-refractivity contribution in [2.45, 2.75) is 20.4 Å². The number of carbonyl (C=O) groups excluding carboxylic acids is 1. The average Bonchev–Trinajstić information content (AvgIpc) is 2.53. The van der Waals surface area contributed by atoms with Gasteiger partial charge in [0.25, 0.3) is 11.2 Å². The fourth-order valence-corrected chi connectivity index (χ4v) is 2.52. The lowest BCUT2D eigenvalue weighted by Crippen LogP contribution is -2.31. The van der Waals surface area contributed by atoms with Crippen molar-refractivity contribution >= 4 is 28.9 Å². The summed E-state index contributed by atoms with van der Waals surface area (Å²) in [6.45, 7) is 2.97. The molecule has 0 aliphatic carbocycles. The number of nitro benzene ring substituents is 1.